The zero-order valence-electron chi connectivity index (χ0n) is 11.1. The Hall–Kier alpha value is -2.41. The molecule has 21 heavy (non-hydrogen) atoms. The molecule has 0 aliphatic rings. The Labute approximate surface area is 129 Å². The van der Waals surface area contributed by atoms with Gasteiger partial charge in [-0.15, -0.1) is 0 Å². The first kappa shape index (κ1) is 15.0. The zero-order chi connectivity index (χ0) is 15.6. The van der Waals surface area contributed by atoms with Gasteiger partial charge in [-0.25, -0.2) is 0 Å². The second-order valence-electron chi connectivity index (χ2n) is 4.47. The van der Waals surface area contributed by atoms with E-state index >= 15 is 0 Å². The van der Waals surface area contributed by atoms with Crippen LogP contribution in [0.2, 0.25) is 0 Å². The number of benzene rings is 2. The average Bonchev–Trinajstić information content (AvgIpc) is 2.42. The van der Waals surface area contributed by atoms with Crippen molar-refractivity contribution in [3.8, 4) is 0 Å². The van der Waals surface area contributed by atoms with Gasteiger partial charge in [0.1, 0.15) is 5.69 Å². The van der Waals surface area contributed by atoms with Gasteiger partial charge in [0.15, 0.2) is 0 Å². The summed E-state index contributed by atoms with van der Waals surface area (Å²) in [5.74, 6) is -0.442. The number of nitrogens with zero attached hydrogens (tertiary/aromatic N) is 1. The highest BCUT2D eigenvalue weighted by atomic mass is 79.9. The minimum atomic E-state index is -0.617. The number of anilines is 2. The van der Waals surface area contributed by atoms with Gasteiger partial charge in [-0.3, -0.25) is 14.9 Å². The van der Waals surface area contributed by atoms with E-state index < -0.39 is 10.8 Å². The Morgan fingerprint density at radius 2 is 2.00 bits per heavy atom. The van der Waals surface area contributed by atoms with Gasteiger partial charge in [0.25, 0.3) is 11.6 Å². The van der Waals surface area contributed by atoms with E-state index in [-0.39, 0.29) is 16.9 Å². The van der Waals surface area contributed by atoms with Gasteiger partial charge in [-0.1, -0.05) is 6.07 Å². The number of hydrogen-bond acceptors (Lipinski definition) is 4. The number of nitro benzene ring substituents is 1. The molecule has 6 nitrogen and oxygen atoms in total. The number of nitrogens with one attached hydrogen (secondary N) is 1. The molecule has 0 aliphatic carbocycles. The maximum atomic E-state index is 12.1. The van der Waals surface area contributed by atoms with Crippen LogP contribution < -0.4 is 11.1 Å². The van der Waals surface area contributed by atoms with Gasteiger partial charge in [0.2, 0.25) is 0 Å². The molecule has 2 aromatic rings. The highest BCUT2D eigenvalue weighted by Crippen LogP contribution is 2.26. The van der Waals surface area contributed by atoms with Gasteiger partial charge in [-0.05, 0) is 52.7 Å². The molecular weight excluding hydrogens is 338 g/mol. The SMILES string of the molecule is Cc1ccc(NC(=O)c2ccc(N)c([N+](=O)[O-])c2)c(Br)c1. The topological polar surface area (TPSA) is 98.3 Å². The van der Waals surface area contributed by atoms with Crippen molar-refractivity contribution in [1.82, 2.24) is 0 Å². The van der Waals surface area contributed by atoms with Crippen molar-refractivity contribution in [2.75, 3.05) is 11.1 Å². The molecule has 108 valence electrons. The van der Waals surface area contributed by atoms with E-state index in [0.29, 0.717) is 5.69 Å². The van der Waals surface area contributed by atoms with Gasteiger partial charge < -0.3 is 11.1 Å². The lowest BCUT2D eigenvalue weighted by molar-refractivity contribution is -0.383. The predicted molar refractivity (Wildman–Crippen MR) is 84.3 cm³/mol. The molecule has 2 aromatic carbocycles. The summed E-state index contributed by atoms with van der Waals surface area (Å²) in [4.78, 5) is 22.4. The number of nitrogen functional groups attached to an aromatic ring is 1. The third kappa shape index (κ3) is 3.38. The number of aryl methyl sites for hydroxylation is 1. The van der Waals surface area contributed by atoms with Crippen LogP contribution in [-0.2, 0) is 0 Å². The fourth-order valence-electron chi connectivity index (χ4n) is 1.76. The van der Waals surface area contributed by atoms with Crippen LogP contribution >= 0.6 is 15.9 Å². The van der Waals surface area contributed by atoms with Crippen LogP contribution in [0, 0.1) is 17.0 Å². The molecule has 0 saturated carbocycles. The molecule has 0 heterocycles. The zero-order valence-corrected chi connectivity index (χ0v) is 12.7. The summed E-state index contributed by atoms with van der Waals surface area (Å²) >= 11 is 3.35. The van der Waals surface area contributed by atoms with Crippen molar-refractivity contribution in [3.63, 3.8) is 0 Å². The van der Waals surface area contributed by atoms with Crippen LogP contribution in [0.1, 0.15) is 15.9 Å². The summed E-state index contributed by atoms with van der Waals surface area (Å²) in [7, 11) is 0. The Balaban J connectivity index is 2.28. The smallest absolute Gasteiger partial charge is 0.292 e. The fourth-order valence-corrected chi connectivity index (χ4v) is 2.35. The van der Waals surface area contributed by atoms with E-state index in [0.717, 1.165) is 16.1 Å². The molecule has 0 aliphatic heterocycles. The second kappa shape index (κ2) is 5.92. The summed E-state index contributed by atoms with van der Waals surface area (Å²) in [6.45, 7) is 1.93. The molecule has 7 heteroatoms. The average molecular weight is 350 g/mol. The number of amides is 1. The van der Waals surface area contributed by atoms with Gasteiger partial charge in [0, 0.05) is 16.1 Å². The van der Waals surface area contributed by atoms with Crippen LogP contribution in [0.5, 0.6) is 0 Å². The van der Waals surface area contributed by atoms with Crippen LogP contribution in [0.25, 0.3) is 0 Å². The maximum Gasteiger partial charge on any atom is 0.292 e. The van der Waals surface area contributed by atoms with Crippen molar-refractivity contribution >= 4 is 38.9 Å². The molecule has 0 bridgehead atoms. The molecule has 2 rings (SSSR count). The highest BCUT2D eigenvalue weighted by molar-refractivity contribution is 9.10. The molecule has 1 amide bonds. The lowest BCUT2D eigenvalue weighted by Gasteiger charge is -2.08. The summed E-state index contributed by atoms with van der Waals surface area (Å²) in [5.41, 5.74) is 7.04. The molecule has 0 atom stereocenters. The molecule has 0 spiro atoms. The largest absolute Gasteiger partial charge is 0.393 e. The molecule has 3 N–H and O–H groups in total. The first-order valence-corrected chi connectivity index (χ1v) is 6.79. The van der Waals surface area contributed by atoms with Gasteiger partial charge in [0.05, 0.1) is 10.6 Å². The van der Waals surface area contributed by atoms with Crippen LogP contribution in [0.15, 0.2) is 40.9 Å². The van der Waals surface area contributed by atoms with Crippen LogP contribution in [0.4, 0.5) is 17.1 Å². The Bertz CT molecular complexity index is 731. The summed E-state index contributed by atoms with van der Waals surface area (Å²) in [6.07, 6.45) is 0. The third-order valence-corrected chi connectivity index (χ3v) is 3.52. The molecule has 0 saturated heterocycles. The molecule has 0 radical (unpaired) electrons. The number of halogens is 1. The summed E-state index contributed by atoms with van der Waals surface area (Å²) in [5, 5.41) is 13.5. The number of carbonyl (C=O) groups excluding carboxylic acids is 1. The monoisotopic (exact) mass is 349 g/mol. The lowest BCUT2D eigenvalue weighted by Crippen LogP contribution is -2.13. The van der Waals surface area contributed by atoms with E-state index in [2.05, 4.69) is 21.2 Å². The molecular formula is C14H12BrN3O3. The minimum Gasteiger partial charge on any atom is -0.393 e. The summed E-state index contributed by atoms with van der Waals surface area (Å²) in [6, 6.07) is 9.42. The first-order chi connectivity index (χ1) is 9.88. The van der Waals surface area contributed by atoms with Gasteiger partial charge >= 0.3 is 0 Å². The van der Waals surface area contributed by atoms with E-state index in [4.69, 9.17) is 5.73 Å². The number of rotatable bonds is 3. The van der Waals surface area contributed by atoms with Crippen LogP contribution in [-0.4, -0.2) is 10.8 Å². The quantitative estimate of drug-likeness (QED) is 0.503. The first-order valence-electron chi connectivity index (χ1n) is 6.00. The van der Waals surface area contributed by atoms with Crippen molar-refractivity contribution < 1.29 is 9.72 Å². The fraction of sp³-hybridized carbons (Fsp3) is 0.0714. The Morgan fingerprint density at radius 3 is 2.62 bits per heavy atom. The number of nitro groups is 1. The second-order valence-corrected chi connectivity index (χ2v) is 5.32. The predicted octanol–water partition coefficient (Wildman–Crippen LogP) is 3.50. The van der Waals surface area contributed by atoms with Gasteiger partial charge in [-0.2, -0.15) is 0 Å². The Kier molecular flexibility index (Phi) is 4.23. The molecule has 0 unspecified atom stereocenters. The molecule has 0 fully saturated rings. The van der Waals surface area contributed by atoms with Crippen molar-refractivity contribution in [2.24, 2.45) is 0 Å². The number of hydrogen-bond donors (Lipinski definition) is 2. The van der Waals surface area contributed by atoms with E-state index in [9.17, 15) is 14.9 Å². The lowest BCUT2D eigenvalue weighted by atomic mass is 10.1. The van der Waals surface area contributed by atoms with Crippen molar-refractivity contribution in [2.45, 2.75) is 6.92 Å². The minimum absolute atomic E-state index is 0.0214. The maximum absolute atomic E-state index is 12.1. The van der Waals surface area contributed by atoms with Crippen molar-refractivity contribution in [3.05, 3.63) is 62.1 Å². The van der Waals surface area contributed by atoms with Crippen molar-refractivity contribution in [1.29, 1.82) is 0 Å². The number of carbonyl (C=O) groups is 1. The van der Waals surface area contributed by atoms with E-state index in [1.807, 2.05) is 19.1 Å². The Morgan fingerprint density at radius 1 is 1.29 bits per heavy atom. The third-order valence-electron chi connectivity index (χ3n) is 2.86. The van der Waals surface area contributed by atoms with E-state index in [1.165, 1.54) is 12.1 Å². The number of nitrogens with two attached hydrogens (primary N) is 1. The summed E-state index contributed by atoms with van der Waals surface area (Å²) < 4.78 is 0.737. The van der Waals surface area contributed by atoms with Crippen LogP contribution in [0.3, 0.4) is 0 Å². The highest BCUT2D eigenvalue weighted by Gasteiger charge is 2.16. The van der Waals surface area contributed by atoms with E-state index in [1.54, 1.807) is 6.07 Å². The molecule has 0 aromatic heterocycles. The normalized spacial score (nSPS) is 10.2. The standard InChI is InChI=1S/C14H12BrN3O3/c1-8-2-5-12(10(15)6-8)17-14(19)9-3-4-11(16)13(7-9)18(20)21/h2-7H,16H2,1H3,(H,17,19).